The van der Waals surface area contributed by atoms with Gasteiger partial charge in [0.1, 0.15) is 5.78 Å². The quantitative estimate of drug-likeness (QED) is 0.584. The second-order valence-electron chi connectivity index (χ2n) is 8.67. The molecule has 1 radical (unpaired) electrons. The Morgan fingerprint density at radius 3 is 1.82 bits per heavy atom. The van der Waals surface area contributed by atoms with Gasteiger partial charge in [0.15, 0.2) is 0 Å². The molecule has 1 amide bonds. The minimum Gasteiger partial charge on any atom is -0.342 e. The van der Waals surface area contributed by atoms with Gasteiger partial charge in [0, 0.05) is 64.2 Å². The van der Waals surface area contributed by atoms with E-state index in [0.29, 0.717) is 17.6 Å². The summed E-state index contributed by atoms with van der Waals surface area (Å²) in [6, 6.07) is 0. The van der Waals surface area contributed by atoms with Crippen molar-refractivity contribution in [2.75, 3.05) is 32.7 Å². The van der Waals surface area contributed by atoms with Crippen LogP contribution in [0.2, 0.25) is 0 Å². The van der Waals surface area contributed by atoms with Crippen molar-refractivity contribution < 1.29 is 42.3 Å². The van der Waals surface area contributed by atoms with Crippen LogP contribution >= 0.6 is 0 Å². The van der Waals surface area contributed by atoms with Crippen LogP contribution in [-0.4, -0.2) is 54.2 Å². The Balaban J connectivity index is 0.00000127. The standard InChI is InChI=1S/C21H35N2O2.C2H6.Y/c1-16-7-11-22(12-8-16)15-18-9-13-23(14-10-18)21(25)20-5-3-19(4-6-20)17(2)24;1-2;/h16,18-20H,1,3-15H2,2H3;1-2H3;/q-1;;. The minimum absolute atomic E-state index is 0. The van der Waals surface area contributed by atoms with E-state index < -0.39 is 0 Å². The van der Waals surface area contributed by atoms with Crippen molar-refractivity contribution in [3.63, 3.8) is 0 Å². The van der Waals surface area contributed by atoms with Crippen LogP contribution in [-0.2, 0) is 42.3 Å². The smallest absolute Gasteiger partial charge is 0.225 e. The van der Waals surface area contributed by atoms with E-state index in [1.54, 1.807) is 6.92 Å². The third-order valence-electron chi connectivity index (χ3n) is 6.80. The van der Waals surface area contributed by atoms with E-state index in [-0.39, 0.29) is 44.5 Å². The number of Topliss-reactive ketones (excluding diaryl/α,β-unsaturated/α-hetero) is 1. The monoisotopic (exact) mass is 466 g/mol. The number of hydrogen-bond donors (Lipinski definition) is 0. The zero-order valence-corrected chi connectivity index (χ0v) is 21.3. The van der Waals surface area contributed by atoms with Gasteiger partial charge in [-0.25, -0.2) is 0 Å². The average molecular weight is 466 g/mol. The summed E-state index contributed by atoms with van der Waals surface area (Å²) in [4.78, 5) is 29.0. The van der Waals surface area contributed by atoms with Gasteiger partial charge in [0.25, 0.3) is 0 Å². The fourth-order valence-electron chi connectivity index (χ4n) is 4.88. The molecule has 0 aromatic rings. The number of carbonyl (C=O) groups excluding carboxylic acids is 2. The van der Waals surface area contributed by atoms with Crippen molar-refractivity contribution >= 4 is 11.7 Å². The van der Waals surface area contributed by atoms with Gasteiger partial charge in [-0.1, -0.05) is 26.7 Å². The number of piperidine rings is 2. The average Bonchev–Trinajstić information content (AvgIpc) is 2.71. The Kier molecular flexibility index (Phi) is 12.6. The molecule has 2 saturated heterocycles. The first-order chi connectivity index (χ1) is 13.0. The molecule has 0 bridgehead atoms. The Labute approximate surface area is 198 Å². The molecule has 0 N–H and O–H groups in total. The molecule has 3 aliphatic rings. The molecule has 0 spiro atoms. The topological polar surface area (TPSA) is 40.6 Å². The summed E-state index contributed by atoms with van der Waals surface area (Å²) in [6.07, 6.45) is 8.40. The van der Waals surface area contributed by atoms with E-state index in [2.05, 4.69) is 16.7 Å². The molecular weight excluding hydrogens is 425 g/mol. The summed E-state index contributed by atoms with van der Waals surface area (Å²) >= 11 is 0. The Morgan fingerprint density at radius 1 is 0.821 bits per heavy atom. The fraction of sp³-hybridized carbons (Fsp3) is 0.870. The molecule has 0 aromatic heterocycles. The first-order valence-electron chi connectivity index (χ1n) is 11.4. The van der Waals surface area contributed by atoms with E-state index in [4.69, 9.17) is 0 Å². The van der Waals surface area contributed by atoms with E-state index in [0.717, 1.165) is 57.5 Å². The Bertz CT molecular complexity index is 461. The third-order valence-corrected chi connectivity index (χ3v) is 6.80. The Hall–Kier alpha value is 0.204. The second kappa shape index (κ2) is 13.5. The summed E-state index contributed by atoms with van der Waals surface area (Å²) in [5.74, 6) is 2.43. The summed E-state index contributed by atoms with van der Waals surface area (Å²) < 4.78 is 0. The van der Waals surface area contributed by atoms with Crippen LogP contribution in [0.15, 0.2) is 0 Å². The van der Waals surface area contributed by atoms with Crippen LogP contribution in [0.25, 0.3) is 0 Å². The van der Waals surface area contributed by atoms with Crippen LogP contribution in [0, 0.1) is 30.6 Å². The van der Waals surface area contributed by atoms with Gasteiger partial charge in [-0.2, -0.15) is 5.92 Å². The van der Waals surface area contributed by atoms with E-state index in [9.17, 15) is 9.59 Å². The molecular formula is C23H41N2O2Y-. The molecule has 28 heavy (non-hydrogen) atoms. The number of rotatable bonds is 4. The van der Waals surface area contributed by atoms with Crippen LogP contribution in [0.5, 0.6) is 0 Å². The van der Waals surface area contributed by atoms with Gasteiger partial charge in [-0.3, -0.25) is 9.59 Å². The van der Waals surface area contributed by atoms with Crippen molar-refractivity contribution in [2.24, 2.45) is 23.7 Å². The van der Waals surface area contributed by atoms with Gasteiger partial charge in [0.05, 0.1) is 0 Å². The molecule has 4 nitrogen and oxygen atoms in total. The molecule has 0 unspecified atom stereocenters. The number of hydrogen-bond acceptors (Lipinski definition) is 3. The number of likely N-dealkylation sites (tertiary alicyclic amines) is 2. The van der Waals surface area contributed by atoms with Crippen molar-refractivity contribution in [3.8, 4) is 0 Å². The number of nitrogens with zero attached hydrogens (tertiary/aromatic N) is 2. The maximum atomic E-state index is 12.8. The molecule has 5 heteroatoms. The molecule has 159 valence electrons. The van der Waals surface area contributed by atoms with Crippen LogP contribution in [0.4, 0.5) is 0 Å². The fourth-order valence-corrected chi connectivity index (χ4v) is 4.88. The number of ketones is 1. The van der Waals surface area contributed by atoms with Crippen LogP contribution < -0.4 is 0 Å². The zero-order valence-electron chi connectivity index (χ0n) is 18.5. The summed E-state index contributed by atoms with van der Waals surface area (Å²) in [6.45, 7) is 15.3. The Morgan fingerprint density at radius 2 is 1.32 bits per heavy atom. The van der Waals surface area contributed by atoms with Gasteiger partial charge in [0.2, 0.25) is 5.91 Å². The van der Waals surface area contributed by atoms with Crippen LogP contribution in [0.3, 0.4) is 0 Å². The van der Waals surface area contributed by atoms with Crippen molar-refractivity contribution in [2.45, 2.75) is 72.1 Å². The van der Waals surface area contributed by atoms with Crippen molar-refractivity contribution in [1.29, 1.82) is 0 Å². The minimum atomic E-state index is 0. The van der Waals surface area contributed by atoms with E-state index in [1.807, 2.05) is 13.8 Å². The molecule has 0 aromatic carbocycles. The van der Waals surface area contributed by atoms with Gasteiger partial charge < -0.3 is 16.7 Å². The van der Waals surface area contributed by atoms with Crippen molar-refractivity contribution in [3.05, 3.63) is 6.92 Å². The zero-order chi connectivity index (χ0) is 19.8. The summed E-state index contributed by atoms with van der Waals surface area (Å²) in [5.41, 5.74) is 0. The molecule has 3 rings (SSSR count). The van der Waals surface area contributed by atoms with E-state index in [1.165, 1.54) is 32.5 Å². The van der Waals surface area contributed by atoms with Gasteiger partial charge in [-0.05, 0) is 64.5 Å². The molecule has 2 heterocycles. The largest absolute Gasteiger partial charge is 0.342 e. The molecule has 3 fully saturated rings. The maximum absolute atomic E-state index is 12.8. The predicted octanol–water partition coefficient (Wildman–Crippen LogP) is 4.19. The summed E-state index contributed by atoms with van der Waals surface area (Å²) in [7, 11) is 0. The first-order valence-corrected chi connectivity index (χ1v) is 11.4. The van der Waals surface area contributed by atoms with Gasteiger partial charge >= 0.3 is 0 Å². The normalized spacial score (nSPS) is 27.4. The number of carbonyl (C=O) groups is 2. The first kappa shape index (κ1) is 26.2. The van der Waals surface area contributed by atoms with Gasteiger partial charge in [-0.15, -0.1) is 0 Å². The molecule has 2 aliphatic heterocycles. The SMILES string of the molecule is CC.[CH2-]C1CCN(CC2CCN(C(=O)C3CCC(C(C)=O)CC3)CC2)CC1.[Y]. The van der Waals surface area contributed by atoms with E-state index >= 15 is 0 Å². The number of amides is 1. The van der Waals surface area contributed by atoms with Crippen molar-refractivity contribution in [1.82, 2.24) is 9.80 Å². The molecule has 0 atom stereocenters. The molecule has 1 aliphatic carbocycles. The maximum Gasteiger partial charge on any atom is 0.225 e. The molecule has 1 saturated carbocycles. The third kappa shape index (κ3) is 7.80. The second-order valence-corrected chi connectivity index (χ2v) is 8.67. The van der Waals surface area contributed by atoms with Crippen LogP contribution in [0.1, 0.15) is 72.1 Å². The predicted molar refractivity (Wildman–Crippen MR) is 111 cm³/mol. The summed E-state index contributed by atoms with van der Waals surface area (Å²) in [5, 5.41) is 0.